The van der Waals surface area contributed by atoms with Crippen LogP contribution in [0.2, 0.25) is 0 Å². The van der Waals surface area contributed by atoms with Gasteiger partial charge in [0, 0.05) is 44.8 Å². The second-order valence-electron chi connectivity index (χ2n) is 9.74. The zero-order valence-electron chi connectivity index (χ0n) is 20.1. The second kappa shape index (κ2) is 11.5. The Kier molecular flexibility index (Phi) is 7.79. The molecule has 1 aromatic carbocycles. The molecule has 2 atom stereocenters. The van der Waals surface area contributed by atoms with Crippen LogP contribution in [0.25, 0.3) is 0 Å². The van der Waals surface area contributed by atoms with Gasteiger partial charge in [-0.3, -0.25) is 14.9 Å². The van der Waals surface area contributed by atoms with Crippen LogP contribution in [0.5, 0.6) is 0 Å². The molecule has 0 amide bonds. The molecule has 0 saturated heterocycles. The van der Waals surface area contributed by atoms with Crippen molar-refractivity contribution < 1.29 is 0 Å². The highest BCUT2D eigenvalue weighted by atomic mass is 15.2. The standard InChI is InChI=1S/C30H36N4/c1-2-8-28-21-25(12-13-26(28)7-1)23-34(29-11-5-9-27-10-6-17-33-30(27)29)20-4-3-16-32-22-24-14-18-31-19-15-24/h1-4,6-8,10,14-15,17-19,25,29,32H,5,9,11-13,16,20-23H2/b4-3+/t25-,29+/m1/s1. The summed E-state index contributed by atoms with van der Waals surface area (Å²) in [5.74, 6) is 0.710. The Labute approximate surface area is 204 Å². The summed E-state index contributed by atoms with van der Waals surface area (Å²) in [5, 5.41) is 3.52. The molecule has 0 aliphatic heterocycles. The van der Waals surface area contributed by atoms with Crippen molar-refractivity contribution in [2.75, 3.05) is 19.6 Å². The average molecular weight is 453 g/mol. The van der Waals surface area contributed by atoms with Gasteiger partial charge in [0.1, 0.15) is 0 Å². The molecule has 2 aliphatic carbocycles. The third-order valence-corrected chi connectivity index (χ3v) is 7.40. The van der Waals surface area contributed by atoms with Crippen LogP contribution in [0.3, 0.4) is 0 Å². The third kappa shape index (κ3) is 5.81. The Balaban J connectivity index is 1.24. The first-order chi connectivity index (χ1) is 16.9. The van der Waals surface area contributed by atoms with Crippen LogP contribution < -0.4 is 5.32 Å². The molecule has 1 N–H and O–H groups in total. The van der Waals surface area contributed by atoms with Crippen molar-refractivity contribution in [2.24, 2.45) is 5.92 Å². The summed E-state index contributed by atoms with van der Waals surface area (Å²) in [7, 11) is 0. The number of nitrogens with one attached hydrogen (secondary N) is 1. The highest BCUT2D eigenvalue weighted by Crippen LogP contribution is 2.35. The lowest BCUT2D eigenvalue weighted by Gasteiger charge is -2.37. The van der Waals surface area contributed by atoms with E-state index in [0.29, 0.717) is 12.0 Å². The molecule has 2 aliphatic rings. The molecule has 0 fully saturated rings. The van der Waals surface area contributed by atoms with Crippen LogP contribution in [0, 0.1) is 5.92 Å². The van der Waals surface area contributed by atoms with Crippen molar-refractivity contribution in [1.82, 2.24) is 20.2 Å². The summed E-state index contributed by atoms with van der Waals surface area (Å²) in [6, 6.07) is 18.0. The van der Waals surface area contributed by atoms with Gasteiger partial charge in [0.15, 0.2) is 0 Å². The van der Waals surface area contributed by atoms with Crippen LogP contribution in [0.15, 0.2) is 79.3 Å². The quantitative estimate of drug-likeness (QED) is 0.353. The van der Waals surface area contributed by atoms with Gasteiger partial charge in [-0.2, -0.15) is 0 Å². The zero-order chi connectivity index (χ0) is 23.0. The molecule has 0 radical (unpaired) electrons. The van der Waals surface area contributed by atoms with Crippen LogP contribution in [-0.2, 0) is 25.8 Å². The lowest BCUT2D eigenvalue weighted by atomic mass is 9.83. The number of aromatic nitrogens is 2. The predicted octanol–water partition coefficient (Wildman–Crippen LogP) is 5.31. The summed E-state index contributed by atoms with van der Waals surface area (Å²) < 4.78 is 0. The van der Waals surface area contributed by atoms with Crippen molar-refractivity contribution in [3.05, 3.63) is 107 Å². The fourth-order valence-electron chi connectivity index (χ4n) is 5.62. The van der Waals surface area contributed by atoms with Gasteiger partial charge in [-0.25, -0.2) is 0 Å². The van der Waals surface area contributed by atoms with E-state index in [1.165, 1.54) is 55.3 Å². The van der Waals surface area contributed by atoms with Crippen LogP contribution in [0.1, 0.15) is 53.3 Å². The number of hydrogen-bond donors (Lipinski definition) is 1. The molecule has 0 unspecified atom stereocenters. The Hall–Kier alpha value is -2.82. The molecule has 0 spiro atoms. The Bertz CT molecular complexity index is 1080. The maximum Gasteiger partial charge on any atom is 0.0607 e. The van der Waals surface area contributed by atoms with Gasteiger partial charge in [-0.1, -0.05) is 42.5 Å². The van der Waals surface area contributed by atoms with Crippen molar-refractivity contribution in [2.45, 2.75) is 51.1 Å². The van der Waals surface area contributed by atoms with Crippen LogP contribution >= 0.6 is 0 Å². The number of hydrogen-bond acceptors (Lipinski definition) is 4. The van der Waals surface area contributed by atoms with E-state index in [9.17, 15) is 0 Å². The van der Waals surface area contributed by atoms with E-state index in [2.05, 4.69) is 75.9 Å². The van der Waals surface area contributed by atoms with Gasteiger partial charge in [0.05, 0.1) is 11.7 Å². The predicted molar refractivity (Wildman–Crippen MR) is 139 cm³/mol. The van der Waals surface area contributed by atoms with Gasteiger partial charge < -0.3 is 5.32 Å². The van der Waals surface area contributed by atoms with Crippen molar-refractivity contribution in [3.8, 4) is 0 Å². The third-order valence-electron chi connectivity index (χ3n) is 7.40. The van der Waals surface area contributed by atoms with Gasteiger partial charge in [-0.05, 0) is 84.9 Å². The Morgan fingerprint density at radius 2 is 1.74 bits per heavy atom. The fourth-order valence-corrected chi connectivity index (χ4v) is 5.62. The molecule has 2 heterocycles. The minimum atomic E-state index is 0.427. The molecule has 5 rings (SSSR count). The van der Waals surface area contributed by atoms with Crippen molar-refractivity contribution in [1.29, 1.82) is 0 Å². The molecule has 0 saturated carbocycles. The van der Waals surface area contributed by atoms with Crippen molar-refractivity contribution in [3.63, 3.8) is 0 Å². The summed E-state index contributed by atoms with van der Waals surface area (Å²) in [6.45, 7) is 3.88. The molecule has 176 valence electrons. The van der Waals surface area contributed by atoms with Crippen LogP contribution in [-0.4, -0.2) is 34.5 Å². The van der Waals surface area contributed by atoms with Gasteiger partial charge in [-0.15, -0.1) is 0 Å². The molecule has 3 aromatic rings. The van der Waals surface area contributed by atoms with E-state index in [-0.39, 0.29) is 0 Å². The monoisotopic (exact) mass is 452 g/mol. The second-order valence-corrected chi connectivity index (χ2v) is 9.74. The summed E-state index contributed by atoms with van der Waals surface area (Å²) in [6.07, 6.45) is 17.6. The molecule has 0 bridgehead atoms. The maximum atomic E-state index is 4.86. The van der Waals surface area contributed by atoms with E-state index >= 15 is 0 Å². The van der Waals surface area contributed by atoms with Crippen LogP contribution in [0.4, 0.5) is 0 Å². The highest BCUT2D eigenvalue weighted by molar-refractivity contribution is 5.30. The average Bonchev–Trinajstić information content (AvgIpc) is 2.90. The normalized spacial score (nSPS) is 19.8. The zero-order valence-corrected chi connectivity index (χ0v) is 20.1. The van der Waals surface area contributed by atoms with Gasteiger partial charge >= 0.3 is 0 Å². The summed E-state index contributed by atoms with van der Waals surface area (Å²) >= 11 is 0. The number of benzene rings is 1. The number of rotatable bonds is 9. The first-order valence-corrected chi connectivity index (χ1v) is 12.9. The fraction of sp³-hybridized carbons (Fsp3) is 0.400. The minimum Gasteiger partial charge on any atom is -0.309 e. The molecule has 34 heavy (non-hydrogen) atoms. The maximum absolute atomic E-state index is 4.86. The number of pyridine rings is 2. The summed E-state index contributed by atoms with van der Waals surface area (Å²) in [4.78, 5) is 11.7. The van der Waals surface area contributed by atoms with Gasteiger partial charge in [0.2, 0.25) is 0 Å². The Morgan fingerprint density at radius 1 is 0.882 bits per heavy atom. The number of nitrogens with zero attached hydrogens (tertiary/aromatic N) is 3. The highest BCUT2D eigenvalue weighted by Gasteiger charge is 2.29. The topological polar surface area (TPSA) is 41.1 Å². The van der Waals surface area contributed by atoms with E-state index in [0.717, 1.165) is 26.2 Å². The molecule has 2 aromatic heterocycles. The minimum absolute atomic E-state index is 0.427. The van der Waals surface area contributed by atoms with E-state index in [4.69, 9.17) is 4.98 Å². The number of aryl methyl sites for hydroxylation is 2. The van der Waals surface area contributed by atoms with E-state index in [1.54, 1.807) is 11.1 Å². The molecule has 4 heteroatoms. The lowest BCUT2D eigenvalue weighted by Crippen LogP contribution is -2.37. The number of fused-ring (bicyclic) bond motifs is 2. The van der Waals surface area contributed by atoms with E-state index < -0.39 is 0 Å². The SMILES string of the molecule is C(=C\CN(C[C@@H]1CCc2ccccc2C1)[C@H]1CCCc2cccnc21)/CNCc1ccncc1. The Morgan fingerprint density at radius 3 is 2.65 bits per heavy atom. The molecular weight excluding hydrogens is 416 g/mol. The molecular formula is C30H36N4. The van der Waals surface area contributed by atoms with Crippen molar-refractivity contribution >= 4 is 0 Å². The first-order valence-electron chi connectivity index (χ1n) is 12.9. The van der Waals surface area contributed by atoms with Gasteiger partial charge in [0.25, 0.3) is 0 Å². The summed E-state index contributed by atoms with van der Waals surface area (Å²) in [5.41, 5.74) is 7.13. The smallest absolute Gasteiger partial charge is 0.0607 e. The molecule has 4 nitrogen and oxygen atoms in total. The largest absolute Gasteiger partial charge is 0.309 e. The van der Waals surface area contributed by atoms with E-state index in [1.807, 2.05) is 18.6 Å². The lowest BCUT2D eigenvalue weighted by molar-refractivity contribution is 0.158. The first kappa shape index (κ1) is 22.9.